The molecule has 0 aliphatic rings. The molecule has 0 saturated carbocycles. The summed E-state index contributed by atoms with van der Waals surface area (Å²) < 4.78 is 42.9. The fraction of sp³-hybridized carbons (Fsp3) is 0.0833. The Labute approximate surface area is 142 Å². The van der Waals surface area contributed by atoms with Crippen molar-refractivity contribution in [2.24, 2.45) is 5.11 Å². The van der Waals surface area contributed by atoms with Crippen molar-refractivity contribution < 1.29 is 17.9 Å². The fourth-order valence-corrected chi connectivity index (χ4v) is 2.26. The number of hydrogen-bond donors (Lipinski definition) is 0. The van der Waals surface area contributed by atoms with Gasteiger partial charge in [-0.2, -0.15) is 13.2 Å². The molecule has 120 valence electrons. The fourth-order valence-electron chi connectivity index (χ4n) is 1.51. The molecule has 0 amide bonds. The number of alkyl halides is 3. The van der Waals surface area contributed by atoms with E-state index in [-0.39, 0.29) is 32.4 Å². The zero-order chi connectivity index (χ0) is 17.2. The van der Waals surface area contributed by atoms with E-state index in [1.807, 2.05) is 0 Å². The first kappa shape index (κ1) is 17.5. The average molecular weight is 384 g/mol. The normalized spacial score (nSPS) is 11.0. The van der Waals surface area contributed by atoms with E-state index in [0.717, 1.165) is 0 Å². The van der Waals surface area contributed by atoms with Gasteiger partial charge in [-0.15, -0.1) is 0 Å². The number of ether oxygens (including phenoxy) is 1. The van der Waals surface area contributed by atoms with Crippen LogP contribution in [0.2, 0.25) is 15.1 Å². The van der Waals surface area contributed by atoms with E-state index in [2.05, 4.69) is 15.0 Å². The molecule has 0 spiro atoms. The number of aromatic nitrogens is 1. The quantitative estimate of drug-likeness (QED) is 0.332. The van der Waals surface area contributed by atoms with Gasteiger partial charge in [0, 0.05) is 16.8 Å². The predicted molar refractivity (Wildman–Crippen MR) is 79.6 cm³/mol. The Hall–Kier alpha value is -1.86. The summed E-state index contributed by atoms with van der Waals surface area (Å²) in [7, 11) is 0. The van der Waals surface area contributed by atoms with Gasteiger partial charge in [0.2, 0.25) is 5.88 Å². The number of halogens is 6. The first-order chi connectivity index (χ1) is 10.7. The molecule has 0 aliphatic carbocycles. The van der Waals surface area contributed by atoms with Crippen molar-refractivity contribution in [2.45, 2.75) is 6.18 Å². The minimum absolute atomic E-state index is 0.0299. The van der Waals surface area contributed by atoms with Crippen LogP contribution in [0.1, 0.15) is 5.56 Å². The second-order valence-corrected chi connectivity index (χ2v) is 5.26. The lowest BCUT2D eigenvalue weighted by Crippen LogP contribution is -2.05. The van der Waals surface area contributed by atoms with Crippen molar-refractivity contribution in [1.29, 1.82) is 0 Å². The number of pyridine rings is 1. The van der Waals surface area contributed by atoms with Crippen LogP contribution in [-0.2, 0) is 6.18 Å². The molecule has 1 heterocycles. The van der Waals surface area contributed by atoms with Gasteiger partial charge >= 0.3 is 6.18 Å². The number of hydrogen-bond acceptors (Lipinski definition) is 3. The van der Waals surface area contributed by atoms with Crippen LogP contribution in [0.15, 0.2) is 29.5 Å². The van der Waals surface area contributed by atoms with Gasteiger partial charge in [-0.05, 0) is 23.7 Å². The molecule has 0 radical (unpaired) electrons. The summed E-state index contributed by atoms with van der Waals surface area (Å²) in [5.74, 6) is -0.389. The smallest absolute Gasteiger partial charge is 0.417 e. The molecule has 0 saturated heterocycles. The Morgan fingerprint density at radius 2 is 1.70 bits per heavy atom. The summed E-state index contributed by atoms with van der Waals surface area (Å²) in [6.07, 6.45) is -4.02. The highest BCUT2D eigenvalue weighted by molar-refractivity contribution is 6.37. The van der Waals surface area contributed by atoms with E-state index in [0.29, 0.717) is 12.3 Å². The van der Waals surface area contributed by atoms with E-state index < -0.39 is 11.7 Å². The largest absolute Gasteiger partial charge is 0.434 e. The Morgan fingerprint density at radius 3 is 2.17 bits per heavy atom. The number of azide groups is 1. The van der Waals surface area contributed by atoms with Crippen LogP contribution < -0.4 is 4.74 Å². The molecule has 2 aromatic rings. The summed E-state index contributed by atoms with van der Waals surface area (Å²) in [5.41, 5.74) is 7.47. The zero-order valence-electron chi connectivity index (χ0n) is 10.8. The van der Waals surface area contributed by atoms with E-state index in [4.69, 9.17) is 45.1 Å². The third-order valence-electron chi connectivity index (χ3n) is 2.48. The molecule has 0 unspecified atom stereocenters. The van der Waals surface area contributed by atoms with Gasteiger partial charge in [0.25, 0.3) is 0 Å². The molecule has 5 nitrogen and oxygen atoms in total. The predicted octanol–water partition coefficient (Wildman–Crippen LogP) is 6.79. The molecule has 1 aromatic carbocycles. The van der Waals surface area contributed by atoms with E-state index in [9.17, 15) is 13.2 Å². The van der Waals surface area contributed by atoms with Crippen molar-refractivity contribution in [2.75, 3.05) is 0 Å². The molecule has 11 heteroatoms. The molecule has 0 fully saturated rings. The van der Waals surface area contributed by atoms with Crippen LogP contribution in [0.4, 0.5) is 18.9 Å². The maximum Gasteiger partial charge on any atom is 0.417 e. The Bertz CT molecular complexity index is 784. The molecular formula is C12H4Cl3F3N4O. The van der Waals surface area contributed by atoms with Gasteiger partial charge in [0.05, 0.1) is 15.6 Å². The lowest BCUT2D eigenvalue weighted by atomic mass is 10.3. The maximum absolute atomic E-state index is 12.6. The summed E-state index contributed by atoms with van der Waals surface area (Å²) >= 11 is 17.6. The third kappa shape index (κ3) is 4.11. The highest BCUT2D eigenvalue weighted by atomic mass is 35.5. The van der Waals surface area contributed by atoms with E-state index in [1.165, 1.54) is 12.1 Å². The molecule has 0 atom stereocenters. The molecular weight excluding hydrogens is 380 g/mol. The molecule has 2 rings (SSSR count). The van der Waals surface area contributed by atoms with Gasteiger partial charge in [-0.25, -0.2) is 4.98 Å². The molecule has 1 aromatic heterocycles. The molecule has 0 bridgehead atoms. The minimum Gasteiger partial charge on any atom is -0.434 e. The topological polar surface area (TPSA) is 70.9 Å². The van der Waals surface area contributed by atoms with Gasteiger partial charge in [0.1, 0.15) is 5.02 Å². The second kappa shape index (κ2) is 6.72. The standard InChI is InChI=1S/C12H4Cl3F3N4O/c13-7-2-6(21-22-19)3-8(14)10(7)23-11-9(15)1-5(4-20-11)12(16,17)18/h1-4H. The van der Waals surface area contributed by atoms with Crippen LogP contribution in [0.5, 0.6) is 11.6 Å². The minimum atomic E-state index is -4.58. The lowest BCUT2D eigenvalue weighted by Gasteiger charge is -2.12. The summed E-state index contributed by atoms with van der Waals surface area (Å²) in [6, 6.07) is 3.20. The monoisotopic (exact) mass is 382 g/mol. The van der Waals surface area contributed by atoms with Gasteiger partial charge in [0.15, 0.2) is 5.75 Å². The van der Waals surface area contributed by atoms with Gasteiger partial charge in [-0.1, -0.05) is 39.9 Å². The van der Waals surface area contributed by atoms with Crippen molar-refractivity contribution >= 4 is 40.5 Å². The zero-order valence-corrected chi connectivity index (χ0v) is 13.0. The van der Waals surface area contributed by atoms with Gasteiger partial charge < -0.3 is 4.74 Å². The summed E-state index contributed by atoms with van der Waals surface area (Å²) in [4.78, 5) is 6.08. The molecule has 23 heavy (non-hydrogen) atoms. The van der Waals surface area contributed by atoms with Crippen molar-refractivity contribution in [3.8, 4) is 11.6 Å². The number of rotatable bonds is 3. The number of nitrogens with zero attached hydrogens (tertiary/aromatic N) is 4. The van der Waals surface area contributed by atoms with Crippen molar-refractivity contribution in [1.82, 2.24) is 4.98 Å². The maximum atomic E-state index is 12.6. The Kier molecular flexibility index (Phi) is 5.11. The van der Waals surface area contributed by atoms with Crippen LogP contribution in [0, 0.1) is 0 Å². The summed E-state index contributed by atoms with van der Waals surface area (Å²) in [6.45, 7) is 0. The lowest BCUT2D eigenvalue weighted by molar-refractivity contribution is -0.137. The third-order valence-corrected chi connectivity index (χ3v) is 3.31. The van der Waals surface area contributed by atoms with E-state index >= 15 is 0 Å². The first-order valence-electron chi connectivity index (χ1n) is 5.67. The van der Waals surface area contributed by atoms with Crippen LogP contribution in [0.25, 0.3) is 10.4 Å². The van der Waals surface area contributed by atoms with Crippen LogP contribution in [-0.4, -0.2) is 4.98 Å². The van der Waals surface area contributed by atoms with Crippen LogP contribution >= 0.6 is 34.8 Å². The van der Waals surface area contributed by atoms with Crippen LogP contribution in [0.3, 0.4) is 0 Å². The average Bonchev–Trinajstić information content (AvgIpc) is 2.43. The summed E-state index contributed by atoms with van der Waals surface area (Å²) in [5, 5.41) is 2.89. The van der Waals surface area contributed by atoms with Gasteiger partial charge in [-0.3, -0.25) is 0 Å². The highest BCUT2D eigenvalue weighted by Gasteiger charge is 2.32. The first-order valence-corrected chi connectivity index (χ1v) is 6.80. The Morgan fingerprint density at radius 1 is 1.09 bits per heavy atom. The van der Waals surface area contributed by atoms with E-state index in [1.54, 1.807) is 0 Å². The molecule has 0 aliphatic heterocycles. The van der Waals surface area contributed by atoms with Crippen molar-refractivity contribution in [3.05, 3.63) is 55.5 Å². The highest BCUT2D eigenvalue weighted by Crippen LogP contribution is 2.41. The van der Waals surface area contributed by atoms with Crippen molar-refractivity contribution in [3.63, 3.8) is 0 Å². The SMILES string of the molecule is [N-]=[N+]=Nc1cc(Cl)c(Oc2ncc(C(F)(F)F)cc2Cl)c(Cl)c1. The number of benzene rings is 1. The molecule has 0 N–H and O–H groups in total. The second-order valence-electron chi connectivity index (χ2n) is 4.04. The Balaban J connectivity index is 2.38.